The maximum atomic E-state index is 11.8. The summed E-state index contributed by atoms with van der Waals surface area (Å²) in [5.74, 6) is -0.910. The van der Waals surface area contributed by atoms with E-state index in [0.29, 0.717) is 0 Å². The number of rotatable bonds is 6. The minimum absolute atomic E-state index is 0.0556. The zero-order valence-electron chi connectivity index (χ0n) is 10.6. The predicted octanol–water partition coefficient (Wildman–Crippen LogP) is -0.759. The number of non-ortho nitro benzene ring substituents is 1. The number of hydrogen-bond donors (Lipinski definition) is 4. The number of nitro groups is 1. The fourth-order valence-corrected chi connectivity index (χ4v) is 1.55. The van der Waals surface area contributed by atoms with Gasteiger partial charge in [0, 0.05) is 17.7 Å². The van der Waals surface area contributed by atoms with Crippen molar-refractivity contribution in [3.63, 3.8) is 0 Å². The van der Waals surface area contributed by atoms with Crippen molar-refractivity contribution in [1.82, 2.24) is 0 Å². The first-order valence-corrected chi connectivity index (χ1v) is 5.76. The molecule has 0 radical (unpaired) electrons. The summed E-state index contributed by atoms with van der Waals surface area (Å²) >= 11 is 0. The van der Waals surface area contributed by atoms with Gasteiger partial charge in [-0.05, 0) is 19.1 Å². The Morgan fingerprint density at radius 3 is 2.00 bits per heavy atom. The molecule has 0 spiro atoms. The quantitative estimate of drug-likeness (QED) is 0.306. The molecule has 0 saturated carbocycles. The van der Waals surface area contributed by atoms with Crippen LogP contribution in [0.15, 0.2) is 24.3 Å². The van der Waals surface area contributed by atoms with Crippen molar-refractivity contribution in [2.45, 2.75) is 31.3 Å². The van der Waals surface area contributed by atoms with Crippen molar-refractivity contribution in [2.24, 2.45) is 0 Å². The first kappa shape index (κ1) is 16.2. The van der Waals surface area contributed by atoms with Gasteiger partial charge in [-0.1, -0.05) is 0 Å². The fourth-order valence-electron chi connectivity index (χ4n) is 1.55. The molecule has 1 aromatic carbocycles. The molecule has 0 fully saturated rings. The average molecular weight is 285 g/mol. The number of aliphatic hydroxyl groups is 4. The van der Waals surface area contributed by atoms with E-state index in [1.807, 2.05) is 0 Å². The van der Waals surface area contributed by atoms with Crippen molar-refractivity contribution in [3.8, 4) is 0 Å². The van der Waals surface area contributed by atoms with Crippen LogP contribution in [0.4, 0.5) is 5.69 Å². The molecule has 0 aliphatic heterocycles. The molecule has 0 unspecified atom stereocenters. The van der Waals surface area contributed by atoms with E-state index < -0.39 is 35.1 Å². The van der Waals surface area contributed by atoms with Gasteiger partial charge in [0.2, 0.25) is 0 Å². The number of aliphatic hydroxyl groups excluding tert-OH is 4. The Morgan fingerprint density at radius 1 is 1.10 bits per heavy atom. The van der Waals surface area contributed by atoms with E-state index in [1.165, 1.54) is 6.92 Å². The number of nitro benzene ring substituents is 1. The van der Waals surface area contributed by atoms with Gasteiger partial charge < -0.3 is 20.4 Å². The maximum Gasteiger partial charge on any atom is 0.269 e. The molecule has 1 aromatic rings. The van der Waals surface area contributed by atoms with Gasteiger partial charge in [-0.15, -0.1) is 0 Å². The Labute approximate surface area is 114 Å². The van der Waals surface area contributed by atoms with Crippen LogP contribution in [0.3, 0.4) is 0 Å². The molecule has 0 aliphatic carbocycles. The van der Waals surface area contributed by atoms with Gasteiger partial charge >= 0.3 is 0 Å². The van der Waals surface area contributed by atoms with E-state index in [9.17, 15) is 30.2 Å². The van der Waals surface area contributed by atoms with Crippen LogP contribution in [-0.4, -0.2) is 55.5 Å². The van der Waals surface area contributed by atoms with E-state index in [1.54, 1.807) is 0 Å². The van der Waals surface area contributed by atoms with Gasteiger partial charge in [0.1, 0.15) is 18.3 Å². The van der Waals surface area contributed by atoms with E-state index >= 15 is 0 Å². The Hall–Kier alpha value is -1.87. The molecular weight excluding hydrogens is 270 g/mol. The third-order valence-corrected chi connectivity index (χ3v) is 2.80. The zero-order chi connectivity index (χ0) is 15.4. The van der Waals surface area contributed by atoms with Crippen LogP contribution in [0.25, 0.3) is 0 Å². The second-order valence-corrected chi connectivity index (χ2v) is 4.33. The van der Waals surface area contributed by atoms with Gasteiger partial charge in [-0.2, -0.15) is 0 Å². The number of Topliss-reactive ketones (excluding diaryl/α,β-unsaturated/α-hetero) is 1. The summed E-state index contributed by atoms with van der Waals surface area (Å²) in [4.78, 5) is 21.6. The summed E-state index contributed by atoms with van der Waals surface area (Å²) in [5, 5.41) is 48.1. The number of ketones is 1. The molecule has 20 heavy (non-hydrogen) atoms. The largest absolute Gasteiger partial charge is 0.391 e. The standard InChI is InChI=1S/C12H15NO7/c1-6(14)9(15)11(17)12(18)10(16)7-2-4-8(5-3-7)13(19)20/h2-6,9,11-12,14-15,17-18H,1H3/t6-,9-,11+,12-/m0/s1. The first-order valence-electron chi connectivity index (χ1n) is 5.76. The molecule has 4 N–H and O–H groups in total. The van der Waals surface area contributed by atoms with E-state index in [-0.39, 0.29) is 11.3 Å². The second kappa shape index (κ2) is 6.53. The highest BCUT2D eigenvalue weighted by Gasteiger charge is 2.33. The maximum absolute atomic E-state index is 11.8. The lowest BCUT2D eigenvalue weighted by Crippen LogP contribution is -2.46. The highest BCUT2D eigenvalue weighted by atomic mass is 16.6. The monoisotopic (exact) mass is 285 g/mol. The number of carbonyl (C=O) groups excluding carboxylic acids is 1. The third kappa shape index (κ3) is 3.58. The number of hydrogen-bond acceptors (Lipinski definition) is 7. The molecule has 0 aromatic heterocycles. The number of carbonyl (C=O) groups is 1. The van der Waals surface area contributed by atoms with Gasteiger partial charge in [0.05, 0.1) is 11.0 Å². The van der Waals surface area contributed by atoms with Crippen LogP contribution in [-0.2, 0) is 0 Å². The Morgan fingerprint density at radius 2 is 1.60 bits per heavy atom. The molecular formula is C12H15NO7. The van der Waals surface area contributed by atoms with E-state index in [2.05, 4.69) is 0 Å². The first-order chi connectivity index (χ1) is 9.25. The summed E-state index contributed by atoms with van der Waals surface area (Å²) in [7, 11) is 0. The van der Waals surface area contributed by atoms with Crippen LogP contribution in [0.5, 0.6) is 0 Å². The second-order valence-electron chi connectivity index (χ2n) is 4.33. The molecule has 0 amide bonds. The minimum atomic E-state index is -1.94. The van der Waals surface area contributed by atoms with Crippen molar-refractivity contribution < 1.29 is 30.1 Å². The normalized spacial score (nSPS) is 17.1. The smallest absolute Gasteiger partial charge is 0.269 e. The van der Waals surface area contributed by atoms with Gasteiger partial charge in [0.25, 0.3) is 5.69 Å². The molecule has 1 rings (SSSR count). The molecule has 4 atom stereocenters. The summed E-state index contributed by atoms with van der Waals surface area (Å²) in [6.07, 6.45) is -6.82. The molecule has 8 heteroatoms. The van der Waals surface area contributed by atoms with Crippen LogP contribution >= 0.6 is 0 Å². The van der Waals surface area contributed by atoms with Crippen LogP contribution in [0.1, 0.15) is 17.3 Å². The average Bonchev–Trinajstić information content (AvgIpc) is 2.44. The molecule has 0 aliphatic rings. The fraction of sp³-hybridized carbons (Fsp3) is 0.417. The zero-order valence-corrected chi connectivity index (χ0v) is 10.6. The van der Waals surface area contributed by atoms with Crippen LogP contribution in [0.2, 0.25) is 0 Å². The van der Waals surface area contributed by atoms with E-state index in [4.69, 9.17) is 5.11 Å². The highest BCUT2D eigenvalue weighted by molar-refractivity contribution is 5.99. The highest BCUT2D eigenvalue weighted by Crippen LogP contribution is 2.15. The lowest BCUT2D eigenvalue weighted by molar-refractivity contribution is -0.384. The van der Waals surface area contributed by atoms with Crippen LogP contribution < -0.4 is 0 Å². The molecule has 0 heterocycles. The molecule has 0 bridgehead atoms. The van der Waals surface area contributed by atoms with Crippen molar-refractivity contribution in [2.75, 3.05) is 0 Å². The van der Waals surface area contributed by atoms with Gasteiger partial charge in [-0.3, -0.25) is 14.9 Å². The number of benzene rings is 1. The summed E-state index contributed by atoms with van der Waals surface area (Å²) in [6, 6.07) is 4.42. The molecule has 110 valence electrons. The van der Waals surface area contributed by atoms with Gasteiger partial charge in [-0.25, -0.2) is 0 Å². The molecule has 8 nitrogen and oxygen atoms in total. The summed E-state index contributed by atoms with van der Waals surface area (Å²) < 4.78 is 0. The SMILES string of the molecule is C[C@H](O)[C@H](O)[C@@H](O)[C@@H](O)C(=O)c1ccc([N+](=O)[O-])cc1. The van der Waals surface area contributed by atoms with Crippen molar-refractivity contribution in [3.05, 3.63) is 39.9 Å². The minimum Gasteiger partial charge on any atom is -0.391 e. The molecule has 0 saturated heterocycles. The predicted molar refractivity (Wildman–Crippen MR) is 67.1 cm³/mol. The lowest BCUT2D eigenvalue weighted by Gasteiger charge is -2.23. The Bertz CT molecular complexity index is 485. The van der Waals surface area contributed by atoms with Crippen molar-refractivity contribution in [1.29, 1.82) is 0 Å². The number of nitrogens with zero attached hydrogens (tertiary/aromatic N) is 1. The Balaban J connectivity index is 2.86. The summed E-state index contributed by atoms with van der Waals surface area (Å²) in [5.41, 5.74) is -0.277. The lowest BCUT2D eigenvalue weighted by atomic mass is 9.97. The topological polar surface area (TPSA) is 141 Å². The van der Waals surface area contributed by atoms with Gasteiger partial charge in [0.15, 0.2) is 5.78 Å². The third-order valence-electron chi connectivity index (χ3n) is 2.80. The van der Waals surface area contributed by atoms with E-state index in [0.717, 1.165) is 24.3 Å². The Kier molecular flexibility index (Phi) is 5.28. The van der Waals surface area contributed by atoms with Crippen LogP contribution in [0, 0.1) is 10.1 Å². The summed E-state index contributed by atoms with van der Waals surface area (Å²) in [6.45, 7) is 1.19. The van der Waals surface area contributed by atoms with Crippen molar-refractivity contribution >= 4 is 11.5 Å².